The second-order valence-corrected chi connectivity index (χ2v) is 6.41. The van der Waals surface area contributed by atoms with Gasteiger partial charge in [-0.15, -0.1) is 0 Å². The average Bonchev–Trinajstić information content (AvgIpc) is 2.49. The molecule has 1 atom stereocenters. The molecule has 1 saturated heterocycles. The van der Waals surface area contributed by atoms with Crippen LogP contribution in [0.2, 0.25) is 0 Å². The molecule has 130 valence electrons. The van der Waals surface area contributed by atoms with Gasteiger partial charge in [-0.05, 0) is 56.2 Å². The van der Waals surface area contributed by atoms with E-state index in [-0.39, 0.29) is 17.7 Å². The van der Waals surface area contributed by atoms with Crippen molar-refractivity contribution in [2.75, 3.05) is 19.6 Å². The van der Waals surface area contributed by atoms with Crippen molar-refractivity contribution in [3.05, 3.63) is 71.5 Å². The molecule has 0 aliphatic carbocycles. The quantitative estimate of drug-likeness (QED) is 0.728. The Morgan fingerprint density at radius 3 is 2.71 bits per heavy atom. The number of aryl methyl sites for hydroxylation is 1. The summed E-state index contributed by atoms with van der Waals surface area (Å²) in [5.74, 6) is -0.401. The van der Waals surface area contributed by atoms with Crippen molar-refractivity contribution in [3.63, 3.8) is 0 Å². The predicted molar refractivity (Wildman–Crippen MR) is 95.7 cm³/mol. The van der Waals surface area contributed by atoms with Crippen molar-refractivity contribution in [1.82, 2.24) is 9.80 Å². The van der Waals surface area contributed by atoms with E-state index in [1.807, 2.05) is 19.1 Å². The highest BCUT2D eigenvalue weighted by Crippen LogP contribution is 2.21. The summed E-state index contributed by atoms with van der Waals surface area (Å²) in [6.07, 6.45) is 5.09. The van der Waals surface area contributed by atoms with Crippen LogP contribution in [-0.2, 0) is 6.54 Å². The number of rotatable bonds is 5. The van der Waals surface area contributed by atoms with Gasteiger partial charge in [0.05, 0.1) is 5.83 Å². The van der Waals surface area contributed by atoms with Gasteiger partial charge in [-0.3, -0.25) is 4.90 Å². The van der Waals surface area contributed by atoms with Crippen LogP contribution in [0.5, 0.6) is 0 Å². The van der Waals surface area contributed by atoms with Crippen molar-refractivity contribution >= 4 is 0 Å². The molecule has 0 amide bonds. The van der Waals surface area contributed by atoms with Crippen molar-refractivity contribution in [2.24, 2.45) is 0 Å². The normalized spacial score (nSPS) is 20.4. The molecule has 1 aromatic rings. The van der Waals surface area contributed by atoms with Crippen LogP contribution in [0, 0.1) is 12.7 Å². The lowest BCUT2D eigenvalue weighted by atomic mass is 10.1. The zero-order chi connectivity index (χ0) is 17.7. The molecular formula is C20H26F2N2. The Morgan fingerprint density at radius 1 is 1.38 bits per heavy atom. The zero-order valence-corrected chi connectivity index (χ0v) is 14.7. The number of halogens is 2. The van der Waals surface area contributed by atoms with E-state index in [2.05, 4.69) is 23.3 Å². The fourth-order valence-electron chi connectivity index (χ4n) is 3.19. The Morgan fingerprint density at radius 2 is 2.12 bits per heavy atom. The number of nitrogens with zero attached hydrogens (tertiary/aromatic N) is 2. The van der Waals surface area contributed by atoms with Crippen LogP contribution < -0.4 is 0 Å². The molecule has 1 fully saturated rings. The van der Waals surface area contributed by atoms with Crippen LogP contribution in [-0.4, -0.2) is 35.5 Å². The van der Waals surface area contributed by atoms with Gasteiger partial charge in [0.15, 0.2) is 0 Å². The first kappa shape index (κ1) is 18.4. The summed E-state index contributed by atoms with van der Waals surface area (Å²) in [6, 6.07) is 5.22. The minimum Gasteiger partial charge on any atom is -0.366 e. The Kier molecular flexibility index (Phi) is 6.32. The Bertz CT molecular complexity index is 645. The van der Waals surface area contributed by atoms with Crippen LogP contribution in [0.1, 0.15) is 25.0 Å². The molecular weight excluding hydrogens is 306 g/mol. The summed E-state index contributed by atoms with van der Waals surface area (Å²) in [7, 11) is 0. The smallest absolute Gasteiger partial charge is 0.123 e. The minimum absolute atomic E-state index is 0.193. The van der Waals surface area contributed by atoms with Gasteiger partial charge in [-0.2, -0.15) is 0 Å². The second kappa shape index (κ2) is 8.25. The van der Waals surface area contributed by atoms with Crippen LogP contribution in [0.4, 0.5) is 8.78 Å². The lowest BCUT2D eigenvalue weighted by Gasteiger charge is -2.42. The molecule has 2 nitrogen and oxygen atoms in total. The first-order valence-electron chi connectivity index (χ1n) is 8.31. The van der Waals surface area contributed by atoms with Crippen LogP contribution >= 0.6 is 0 Å². The number of benzene rings is 1. The number of piperazine rings is 1. The lowest BCUT2D eigenvalue weighted by Crippen LogP contribution is -2.50. The third-order valence-corrected chi connectivity index (χ3v) is 4.38. The van der Waals surface area contributed by atoms with Gasteiger partial charge in [0.1, 0.15) is 5.82 Å². The second-order valence-electron chi connectivity index (χ2n) is 6.41. The third kappa shape index (κ3) is 4.78. The fraction of sp³-hybridized carbons (Fsp3) is 0.400. The van der Waals surface area contributed by atoms with Crippen LogP contribution in [0.3, 0.4) is 0 Å². The summed E-state index contributed by atoms with van der Waals surface area (Å²) in [5.41, 5.74) is 2.99. The zero-order valence-electron chi connectivity index (χ0n) is 14.7. The third-order valence-electron chi connectivity index (χ3n) is 4.38. The first-order chi connectivity index (χ1) is 11.4. The van der Waals surface area contributed by atoms with E-state index < -0.39 is 0 Å². The van der Waals surface area contributed by atoms with E-state index in [1.165, 1.54) is 13.0 Å². The molecule has 0 N–H and O–H groups in total. The molecule has 1 aliphatic rings. The highest BCUT2D eigenvalue weighted by Gasteiger charge is 2.24. The van der Waals surface area contributed by atoms with E-state index in [0.717, 1.165) is 43.0 Å². The molecule has 1 aromatic carbocycles. The van der Waals surface area contributed by atoms with E-state index in [9.17, 15) is 8.78 Å². The van der Waals surface area contributed by atoms with Gasteiger partial charge in [-0.1, -0.05) is 18.7 Å². The Balaban J connectivity index is 2.05. The van der Waals surface area contributed by atoms with E-state index in [1.54, 1.807) is 18.2 Å². The fourth-order valence-corrected chi connectivity index (χ4v) is 3.19. The van der Waals surface area contributed by atoms with Gasteiger partial charge in [-0.25, -0.2) is 8.78 Å². The number of hydrogen-bond acceptors (Lipinski definition) is 2. The lowest BCUT2D eigenvalue weighted by molar-refractivity contribution is 0.108. The molecule has 4 heteroatoms. The highest BCUT2D eigenvalue weighted by molar-refractivity contribution is 5.27. The average molecular weight is 332 g/mol. The number of allylic oxidation sites excluding steroid dienone is 4. The molecule has 1 unspecified atom stereocenters. The van der Waals surface area contributed by atoms with Gasteiger partial charge in [0.2, 0.25) is 0 Å². The molecule has 0 saturated carbocycles. The van der Waals surface area contributed by atoms with Gasteiger partial charge in [0.25, 0.3) is 0 Å². The highest BCUT2D eigenvalue weighted by atomic mass is 19.1. The largest absolute Gasteiger partial charge is 0.366 e. The molecule has 1 heterocycles. The monoisotopic (exact) mass is 332 g/mol. The van der Waals surface area contributed by atoms with E-state index in [0.29, 0.717) is 0 Å². The maximum Gasteiger partial charge on any atom is 0.123 e. The molecule has 24 heavy (non-hydrogen) atoms. The van der Waals surface area contributed by atoms with Gasteiger partial charge < -0.3 is 4.90 Å². The molecule has 0 bridgehead atoms. The summed E-state index contributed by atoms with van der Waals surface area (Å²) in [5, 5.41) is 0. The summed E-state index contributed by atoms with van der Waals surface area (Å²) < 4.78 is 26.6. The number of hydrogen-bond donors (Lipinski definition) is 0. The maximum atomic E-state index is 13.3. The summed E-state index contributed by atoms with van der Waals surface area (Å²) >= 11 is 0. The van der Waals surface area contributed by atoms with Crippen LogP contribution in [0.25, 0.3) is 0 Å². The first-order valence-corrected chi connectivity index (χ1v) is 8.31. The summed E-state index contributed by atoms with van der Waals surface area (Å²) in [6.45, 7) is 12.7. The standard InChI is InChI=1S/C20H26F2N2/c1-5-6-20(12-16(3)21)24-10-9-23(13-17(24)4)14-18-7-8-19(22)11-15(18)2/h5-8,11-12,17H,1,9-10,13-14H2,2-4H3/b16-12+,20-6+. The molecule has 0 aromatic heterocycles. The van der Waals surface area contributed by atoms with Crippen LogP contribution in [0.15, 0.2) is 54.5 Å². The van der Waals surface area contributed by atoms with Gasteiger partial charge >= 0.3 is 0 Å². The van der Waals surface area contributed by atoms with E-state index >= 15 is 0 Å². The van der Waals surface area contributed by atoms with E-state index in [4.69, 9.17) is 0 Å². The Labute approximate surface area is 143 Å². The molecule has 0 spiro atoms. The van der Waals surface area contributed by atoms with Crippen molar-refractivity contribution in [3.8, 4) is 0 Å². The molecule has 1 aliphatic heterocycles. The SMILES string of the molecule is C=C/C=C(\C=C(/C)F)N1CCN(Cc2ccc(F)cc2C)CC1C. The summed E-state index contributed by atoms with van der Waals surface area (Å²) in [4.78, 5) is 4.57. The molecule has 0 radical (unpaired) electrons. The van der Waals surface area contributed by atoms with Crippen molar-refractivity contribution in [2.45, 2.75) is 33.4 Å². The topological polar surface area (TPSA) is 6.48 Å². The Hall–Kier alpha value is -1.94. The van der Waals surface area contributed by atoms with Gasteiger partial charge in [0, 0.05) is 37.9 Å². The molecule has 2 rings (SSSR count). The minimum atomic E-state index is -0.209. The maximum absolute atomic E-state index is 13.3. The predicted octanol–water partition coefficient (Wildman–Crippen LogP) is 4.58. The van der Waals surface area contributed by atoms with Crippen molar-refractivity contribution < 1.29 is 8.78 Å². The van der Waals surface area contributed by atoms with Crippen molar-refractivity contribution in [1.29, 1.82) is 0 Å².